The minimum atomic E-state index is -0.897. The number of allylic oxidation sites excluding steroid dienone is 1. The molecule has 0 aliphatic rings. The molecule has 0 saturated heterocycles. The Kier molecular flexibility index (Phi) is 6.07. The first-order valence-electron chi connectivity index (χ1n) is 8.80. The third-order valence-corrected chi connectivity index (χ3v) is 4.22. The molecule has 142 valence electrons. The second-order valence-electron chi connectivity index (χ2n) is 6.19. The molecular formula is C23H20O5. The quantitative estimate of drug-likeness (QED) is 0.459. The fraction of sp³-hybridized carbons (Fsp3) is 0.130. The number of carbonyl (C=O) groups excluding carboxylic acids is 1. The Morgan fingerprint density at radius 3 is 2.32 bits per heavy atom. The molecule has 0 heterocycles. The van der Waals surface area contributed by atoms with E-state index in [0.29, 0.717) is 11.3 Å². The zero-order chi connectivity index (χ0) is 19.9. The second kappa shape index (κ2) is 8.86. The summed E-state index contributed by atoms with van der Waals surface area (Å²) in [5.41, 5.74) is 1.46. The molecule has 5 heteroatoms. The molecular weight excluding hydrogens is 356 g/mol. The van der Waals surface area contributed by atoms with Gasteiger partial charge in [-0.1, -0.05) is 36.4 Å². The number of ether oxygens (including phenoxy) is 2. The highest BCUT2D eigenvalue weighted by Gasteiger charge is 2.04. The number of methoxy groups -OCH3 is 1. The van der Waals surface area contributed by atoms with E-state index in [2.05, 4.69) is 0 Å². The van der Waals surface area contributed by atoms with Crippen molar-refractivity contribution in [2.45, 2.75) is 6.42 Å². The fourth-order valence-electron chi connectivity index (χ4n) is 2.70. The van der Waals surface area contributed by atoms with Crippen LogP contribution in [-0.2, 0) is 4.79 Å². The molecule has 0 saturated carbocycles. The fourth-order valence-corrected chi connectivity index (χ4v) is 2.70. The normalized spacial score (nSPS) is 10.9. The molecule has 0 atom stereocenters. The first-order valence-corrected chi connectivity index (χ1v) is 8.80. The molecule has 0 radical (unpaired) electrons. The maximum atomic E-state index is 12.5. The average Bonchev–Trinajstić information content (AvgIpc) is 2.71. The van der Waals surface area contributed by atoms with Crippen molar-refractivity contribution in [1.82, 2.24) is 0 Å². The van der Waals surface area contributed by atoms with Gasteiger partial charge in [0.05, 0.1) is 20.1 Å². The summed E-state index contributed by atoms with van der Waals surface area (Å²) in [5.74, 6) is 0.391. The lowest BCUT2D eigenvalue weighted by Gasteiger charge is -2.05. The van der Waals surface area contributed by atoms with E-state index in [9.17, 15) is 9.59 Å². The highest BCUT2D eigenvalue weighted by Crippen LogP contribution is 2.22. The van der Waals surface area contributed by atoms with Gasteiger partial charge in [-0.2, -0.15) is 0 Å². The van der Waals surface area contributed by atoms with Crippen molar-refractivity contribution in [1.29, 1.82) is 0 Å². The predicted molar refractivity (Wildman–Crippen MR) is 108 cm³/mol. The van der Waals surface area contributed by atoms with E-state index in [1.165, 1.54) is 6.08 Å². The first-order chi connectivity index (χ1) is 13.5. The number of hydrogen-bond acceptors (Lipinski definition) is 4. The van der Waals surface area contributed by atoms with E-state index < -0.39 is 5.97 Å². The third kappa shape index (κ3) is 4.98. The molecule has 0 aromatic heterocycles. The van der Waals surface area contributed by atoms with Gasteiger partial charge in [0.15, 0.2) is 5.78 Å². The van der Waals surface area contributed by atoms with Crippen LogP contribution in [0.1, 0.15) is 22.3 Å². The SMILES string of the molecule is COc1ccc2cc(C(=O)/C=C/c3ccc(OCCC(=O)O)cc3)ccc2c1. The molecule has 0 bridgehead atoms. The number of benzene rings is 3. The molecule has 3 aromatic rings. The van der Waals surface area contributed by atoms with Crippen LogP contribution >= 0.6 is 0 Å². The van der Waals surface area contributed by atoms with Crippen molar-refractivity contribution in [2.75, 3.05) is 13.7 Å². The van der Waals surface area contributed by atoms with Gasteiger partial charge in [-0.3, -0.25) is 9.59 Å². The Bertz CT molecular complexity index is 1020. The molecule has 0 aliphatic carbocycles. The van der Waals surface area contributed by atoms with Gasteiger partial charge in [0.25, 0.3) is 0 Å². The Hall–Kier alpha value is -3.60. The number of rotatable bonds is 8. The van der Waals surface area contributed by atoms with Crippen LogP contribution in [-0.4, -0.2) is 30.6 Å². The van der Waals surface area contributed by atoms with Gasteiger partial charge in [-0.25, -0.2) is 0 Å². The topological polar surface area (TPSA) is 72.8 Å². The molecule has 0 amide bonds. The molecule has 3 aromatic carbocycles. The minimum Gasteiger partial charge on any atom is -0.497 e. The predicted octanol–water partition coefficient (Wildman–Crippen LogP) is 4.60. The van der Waals surface area contributed by atoms with Crippen molar-refractivity contribution < 1.29 is 24.2 Å². The molecule has 5 nitrogen and oxygen atoms in total. The summed E-state index contributed by atoms with van der Waals surface area (Å²) in [6.07, 6.45) is 3.22. The largest absolute Gasteiger partial charge is 0.497 e. The van der Waals surface area contributed by atoms with Crippen LogP contribution in [0.4, 0.5) is 0 Å². The number of hydrogen-bond donors (Lipinski definition) is 1. The number of carboxylic acids is 1. The zero-order valence-electron chi connectivity index (χ0n) is 15.4. The van der Waals surface area contributed by atoms with Gasteiger partial charge in [0.2, 0.25) is 0 Å². The van der Waals surface area contributed by atoms with Crippen LogP contribution in [0.5, 0.6) is 11.5 Å². The van der Waals surface area contributed by atoms with Crippen LogP contribution in [0, 0.1) is 0 Å². The van der Waals surface area contributed by atoms with Crippen molar-refractivity contribution in [3.8, 4) is 11.5 Å². The molecule has 3 rings (SSSR count). The molecule has 1 N–H and O–H groups in total. The molecule has 0 unspecified atom stereocenters. The average molecular weight is 376 g/mol. The van der Waals surface area contributed by atoms with Gasteiger partial charge >= 0.3 is 5.97 Å². The number of fused-ring (bicyclic) bond motifs is 1. The number of carbonyl (C=O) groups is 2. The van der Waals surface area contributed by atoms with Gasteiger partial charge in [0.1, 0.15) is 11.5 Å². The highest BCUT2D eigenvalue weighted by atomic mass is 16.5. The molecule has 0 fully saturated rings. The monoisotopic (exact) mass is 376 g/mol. The minimum absolute atomic E-state index is 0.0469. The third-order valence-electron chi connectivity index (χ3n) is 4.22. The maximum absolute atomic E-state index is 12.5. The van der Waals surface area contributed by atoms with Crippen molar-refractivity contribution in [3.63, 3.8) is 0 Å². The van der Waals surface area contributed by atoms with Crippen LogP contribution < -0.4 is 9.47 Å². The Balaban J connectivity index is 1.66. The lowest BCUT2D eigenvalue weighted by atomic mass is 10.0. The van der Waals surface area contributed by atoms with E-state index in [1.807, 2.05) is 42.5 Å². The lowest BCUT2D eigenvalue weighted by molar-refractivity contribution is -0.137. The molecule has 28 heavy (non-hydrogen) atoms. The van der Waals surface area contributed by atoms with E-state index >= 15 is 0 Å². The number of ketones is 1. The summed E-state index contributed by atoms with van der Waals surface area (Å²) >= 11 is 0. The van der Waals surface area contributed by atoms with E-state index in [0.717, 1.165) is 22.1 Å². The van der Waals surface area contributed by atoms with Gasteiger partial charge in [-0.15, -0.1) is 0 Å². The van der Waals surface area contributed by atoms with E-state index in [-0.39, 0.29) is 18.8 Å². The van der Waals surface area contributed by atoms with Crippen LogP contribution in [0.3, 0.4) is 0 Å². The van der Waals surface area contributed by atoms with Gasteiger partial charge < -0.3 is 14.6 Å². The van der Waals surface area contributed by atoms with Crippen molar-refractivity contribution in [3.05, 3.63) is 77.9 Å². The lowest BCUT2D eigenvalue weighted by Crippen LogP contribution is -2.04. The van der Waals surface area contributed by atoms with Crippen LogP contribution in [0.2, 0.25) is 0 Å². The maximum Gasteiger partial charge on any atom is 0.306 e. The summed E-state index contributed by atoms with van der Waals surface area (Å²) < 4.78 is 10.6. The molecule has 0 aliphatic heterocycles. The number of carboxylic acid groups (broad SMARTS) is 1. The van der Waals surface area contributed by atoms with E-state index in [4.69, 9.17) is 14.6 Å². The summed E-state index contributed by atoms with van der Waals surface area (Å²) in [4.78, 5) is 22.9. The van der Waals surface area contributed by atoms with E-state index in [1.54, 1.807) is 31.4 Å². The second-order valence-corrected chi connectivity index (χ2v) is 6.19. The summed E-state index contributed by atoms with van der Waals surface area (Å²) in [5, 5.41) is 10.6. The standard InChI is InChI=1S/C23H20O5/c1-27-21-10-7-17-14-19(6-5-18(17)15-21)22(24)11-4-16-2-8-20(9-3-16)28-13-12-23(25)26/h2-11,14-15H,12-13H2,1H3,(H,25,26)/b11-4+. The van der Waals surface area contributed by atoms with Crippen LogP contribution in [0.15, 0.2) is 66.7 Å². The van der Waals surface area contributed by atoms with Gasteiger partial charge in [0, 0.05) is 5.56 Å². The highest BCUT2D eigenvalue weighted by molar-refractivity contribution is 6.08. The van der Waals surface area contributed by atoms with Crippen molar-refractivity contribution in [2.24, 2.45) is 0 Å². The Morgan fingerprint density at radius 1 is 0.929 bits per heavy atom. The first kappa shape index (κ1) is 19.2. The van der Waals surface area contributed by atoms with Crippen molar-refractivity contribution >= 4 is 28.6 Å². The summed E-state index contributed by atoms with van der Waals surface area (Å²) in [6.45, 7) is 0.122. The number of aliphatic carboxylic acids is 1. The zero-order valence-corrected chi connectivity index (χ0v) is 15.4. The summed E-state index contributed by atoms with van der Waals surface area (Å²) in [7, 11) is 1.62. The Morgan fingerprint density at radius 2 is 1.61 bits per heavy atom. The smallest absolute Gasteiger partial charge is 0.306 e. The van der Waals surface area contributed by atoms with Crippen LogP contribution in [0.25, 0.3) is 16.8 Å². The Labute approximate surface area is 162 Å². The summed E-state index contributed by atoms with van der Waals surface area (Å²) in [6, 6.07) is 18.4. The van der Waals surface area contributed by atoms with Gasteiger partial charge in [-0.05, 0) is 52.7 Å². The molecule has 0 spiro atoms.